The van der Waals surface area contributed by atoms with E-state index in [0.29, 0.717) is 23.8 Å². The molecule has 6 heteroatoms. The second-order valence-electron chi connectivity index (χ2n) is 7.85. The Kier molecular flexibility index (Phi) is 3.60. The molecule has 4 atom stereocenters. The predicted molar refractivity (Wildman–Crippen MR) is 88.6 cm³/mol. The number of nitro benzene ring substituents is 1. The van der Waals surface area contributed by atoms with Crippen LogP contribution in [0, 0.1) is 27.4 Å². The van der Waals surface area contributed by atoms with E-state index in [-0.39, 0.29) is 23.1 Å². The predicted octanol–water partition coefficient (Wildman–Crippen LogP) is 4.22. The number of carbonyl (C=O) groups excluding carboxylic acids is 1. The van der Waals surface area contributed by atoms with Crippen LogP contribution in [0.25, 0.3) is 0 Å². The van der Waals surface area contributed by atoms with Crippen LogP contribution >= 0.6 is 11.6 Å². The van der Waals surface area contributed by atoms with Gasteiger partial charge in [0.15, 0.2) is 0 Å². The number of nitro groups is 1. The van der Waals surface area contributed by atoms with Crippen molar-refractivity contribution in [3.05, 3.63) is 39.9 Å². The lowest BCUT2D eigenvalue weighted by Crippen LogP contribution is -2.56. The largest absolute Gasteiger partial charge is 0.460 e. The Bertz CT molecular complexity index is 690. The number of carbonyl (C=O) groups is 1. The fraction of sp³-hybridized carbons (Fsp3) is 0.611. The summed E-state index contributed by atoms with van der Waals surface area (Å²) in [5.74, 6) is 0.810. The third-order valence-electron chi connectivity index (χ3n) is 5.97. The fourth-order valence-corrected chi connectivity index (χ4v) is 6.19. The van der Waals surface area contributed by atoms with Crippen molar-refractivity contribution in [1.29, 1.82) is 0 Å². The maximum atomic E-state index is 12.8. The van der Waals surface area contributed by atoms with Gasteiger partial charge in [-0.25, -0.2) is 0 Å². The summed E-state index contributed by atoms with van der Waals surface area (Å²) in [6.45, 7) is -0.0532. The van der Waals surface area contributed by atoms with Crippen molar-refractivity contribution >= 4 is 23.3 Å². The first kappa shape index (κ1) is 15.9. The minimum absolute atomic E-state index is 0.00961. The van der Waals surface area contributed by atoms with E-state index in [9.17, 15) is 14.9 Å². The number of para-hydroxylation sites is 1. The SMILES string of the molecule is O=C(OCc1ccccc1[N+](=O)[O-])C12C[C@@H]3C[C@@H](CC(Cl)(C3)C1)C2. The lowest BCUT2D eigenvalue weighted by molar-refractivity contribution is -0.385. The Hall–Kier alpha value is -1.62. The maximum Gasteiger partial charge on any atom is 0.312 e. The van der Waals surface area contributed by atoms with Gasteiger partial charge in [-0.05, 0) is 56.4 Å². The topological polar surface area (TPSA) is 69.4 Å². The molecule has 5 nitrogen and oxygen atoms in total. The first-order valence-electron chi connectivity index (χ1n) is 8.48. The lowest BCUT2D eigenvalue weighted by Gasteiger charge is -2.58. The van der Waals surface area contributed by atoms with Crippen molar-refractivity contribution in [3.8, 4) is 0 Å². The molecule has 0 radical (unpaired) electrons. The fourth-order valence-electron chi connectivity index (χ4n) is 5.50. The third-order valence-corrected chi connectivity index (χ3v) is 6.41. The minimum atomic E-state index is -0.477. The summed E-state index contributed by atoms with van der Waals surface area (Å²) in [6, 6.07) is 6.39. The normalized spacial score (nSPS) is 36.5. The van der Waals surface area contributed by atoms with Crippen LogP contribution in [-0.2, 0) is 16.1 Å². The molecule has 4 bridgehead atoms. The van der Waals surface area contributed by atoms with Gasteiger partial charge in [0.1, 0.15) is 6.61 Å². The molecule has 0 amide bonds. The third kappa shape index (κ3) is 2.59. The van der Waals surface area contributed by atoms with Gasteiger partial charge < -0.3 is 4.74 Å². The molecule has 4 saturated carbocycles. The Morgan fingerprint density at radius 1 is 1.25 bits per heavy atom. The van der Waals surface area contributed by atoms with E-state index < -0.39 is 10.3 Å². The highest BCUT2D eigenvalue weighted by atomic mass is 35.5. The van der Waals surface area contributed by atoms with Crippen molar-refractivity contribution in [2.24, 2.45) is 17.3 Å². The number of hydrogen-bond donors (Lipinski definition) is 0. The van der Waals surface area contributed by atoms with Gasteiger partial charge in [0.25, 0.3) is 5.69 Å². The summed E-state index contributed by atoms with van der Waals surface area (Å²) in [6.07, 6.45) is 5.58. The zero-order valence-electron chi connectivity index (χ0n) is 13.4. The van der Waals surface area contributed by atoms with E-state index in [2.05, 4.69) is 0 Å². The first-order chi connectivity index (χ1) is 11.4. The van der Waals surface area contributed by atoms with Crippen LogP contribution in [0.2, 0.25) is 0 Å². The second-order valence-corrected chi connectivity index (χ2v) is 8.66. The molecular weight excluding hydrogens is 330 g/mol. The summed E-state index contributed by atoms with van der Waals surface area (Å²) < 4.78 is 5.55. The molecule has 0 saturated heterocycles. The van der Waals surface area contributed by atoms with Gasteiger partial charge in [0.2, 0.25) is 0 Å². The summed E-state index contributed by atoms with van der Waals surface area (Å²) in [7, 11) is 0. The summed E-state index contributed by atoms with van der Waals surface area (Å²) in [5, 5.41) is 11.1. The van der Waals surface area contributed by atoms with E-state index in [0.717, 1.165) is 25.7 Å². The average Bonchev–Trinajstić information content (AvgIpc) is 2.50. The smallest absolute Gasteiger partial charge is 0.312 e. The number of ether oxygens (including phenoxy) is 1. The van der Waals surface area contributed by atoms with E-state index in [1.807, 2.05) is 0 Å². The molecule has 0 N–H and O–H groups in total. The summed E-state index contributed by atoms with van der Waals surface area (Å²) in [4.78, 5) is 23.2. The zero-order chi connectivity index (χ0) is 16.9. The standard InChI is InChI=1S/C18H20ClNO4/c19-18-8-12-5-13(9-18)7-17(6-12,11-18)16(21)24-10-14-3-1-2-4-15(14)20(22)23/h1-4,12-13H,5-11H2/t12-,13+,17?,18?. The van der Waals surface area contributed by atoms with Gasteiger partial charge in [-0.2, -0.15) is 0 Å². The molecule has 0 spiro atoms. The van der Waals surface area contributed by atoms with E-state index >= 15 is 0 Å². The van der Waals surface area contributed by atoms with Gasteiger partial charge in [0.05, 0.1) is 15.9 Å². The molecule has 1 aromatic carbocycles. The molecule has 1 aromatic rings. The molecule has 4 aliphatic carbocycles. The van der Waals surface area contributed by atoms with Crippen LogP contribution in [0.3, 0.4) is 0 Å². The van der Waals surface area contributed by atoms with Crippen molar-refractivity contribution in [3.63, 3.8) is 0 Å². The van der Waals surface area contributed by atoms with E-state index in [1.165, 1.54) is 12.5 Å². The van der Waals surface area contributed by atoms with Crippen molar-refractivity contribution in [2.45, 2.75) is 50.0 Å². The number of halogens is 1. The number of benzene rings is 1. The number of esters is 1. The molecule has 4 fully saturated rings. The van der Waals surface area contributed by atoms with Crippen LogP contribution in [0.5, 0.6) is 0 Å². The Labute approximate surface area is 145 Å². The van der Waals surface area contributed by atoms with Gasteiger partial charge in [-0.15, -0.1) is 11.6 Å². The number of rotatable bonds is 4. The molecule has 0 aliphatic heterocycles. The molecular formula is C18H20ClNO4. The van der Waals surface area contributed by atoms with Crippen molar-refractivity contribution in [2.75, 3.05) is 0 Å². The van der Waals surface area contributed by atoms with Crippen LogP contribution in [0.4, 0.5) is 5.69 Å². The highest BCUT2D eigenvalue weighted by Gasteiger charge is 2.60. The average molecular weight is 350 g/mol. The number of alkyl halides is 1. The maximum absolute atomic E-state index is 12.8. The quantitative estimate of drug-likeness (QED) is 0.353. The molecule has 2 unspecified atom stereocenters. The summed E-state index contributed by atoms with van der Waals surface area (Å²) >= 11 is 6.75. The number of hydrogen-bond acceptors (Lipinski definition) is 4. The highest BCUT2D eigenvalue weighted by molar-refractivity contribution is 6.24. The Morgan fingerprint density at radius 2 is 1.92 bits per heavy atom. The number of nitrogens with zero attached hydrogens (tertiary/aromatic N) is 1. The Balaban J connectivity index is 1.50. The van der Waals surface area contributed by atoms with Crippen LogP contribution in [0.1, 0.15) is 44.1 Å². The van der Waals surface area contributed by atoms with E-state index in [1.54, 1.807) is 18.2 Å². The highest BCUT2D eigenvalue weighted by Crippen LogP contribution is 2.64. The molecule has 0 heterocycles. The van der Waals surface area contributed by atoms with Crippen LogP contribution in [0.15, 0.2) is 24.3 Å². The van der Waals surface area contributed by atoms with Crippen LogP contribution in [-0.4, -0.2) is 15.8 Å². The van der Waals surface area contributed by atoms with Gasteiger partial charge in [0, 0.05) is 10.9 Å². The molecule has 128 valence electrons. The molecule has 5 rings (SSSR count). The molecule has 0 aromatic heterocycles. The summed E-state index contributed by atoms with van der Waals surface area (Å²) in [5.41, 5.74) is -0.0548. The first-order valence-corrected chi connectivity index (χ1v) is 8.85. The molecule has 4 aliphatic rings. The van der Waals surface area contributed by atoms with Gasteiger partial charge in [-0.1, -0.05) is 12.1 Å². The Morgan fingerprint density at radius 3 is 2.54 bits per heavy atom. The van der Waals surface area contributed by atoms with Crippen molar-refractivity contribution in [1.82, 2.24) is 0 Å². The van der Waals surface area contributed by atoms with Gasteiger partial charge >= 0.3 is 5.97 Å². The van der Waals surface area contributed by atoms with E-state index in [4.69, 9.17) is 16.3 Å². The second kappa shape index (κ2) is 5.45. The lowest BCUT2D eigenvalue weighted by atomic mass is 9.49. The minimum Gasteiger partial charge on any atom is -0.460 e. The van der Waals surface area contributed by atoms with Crippen LogP contribution < -0.4 is 0 Å². The van der Waals surface area contributed by atoms with Gasteiger partial charge in [-0.3, -0.25) is 14.9 Å². The zero-order valence-corrected chi connectivity index (χ0v) is 14.1. The monoisotopic (exact) mass is 349 g/mol. The molecule has 24 heavy (non-hydrogen) atoms. The van der Waals surface area contributed by atoms with Crippen molar-refractivity contribution < 1.29 is 14.5 Å².